The quantitative estimate of drug-likeness (QED) is 0.888. The van der Waals surface area contributed by atoms with E-state index in [1.165, 1.54) is 30.3 Å². The SMILES string of the molecule is O=C(O)CN(c1ccccc1)S(=O)(=O)c1cc(Cl)ccc1Cl. The Hall–Kier alpha value is -1.76. The summed E-state index contributed by atoms with van der Waals surface area (Å²) in [5, 5.41) is 9.17. The van der Waals surface area contributed by atoms with Crippen LogP contribution in [0.4, 0.5) is 5.69 Å². The first-order chi connectivity index (χ1) is 10.3. The van der Waals surface area contributed by atoms with Gasteiger partial charge < -0.3 is 5.11 Å². The molecule has 8 heteroatoms. The highest BCUT2D eigenvalue weighted by Gasteiger charge is 2.29. The summed E-state index contributed by atoms with van der Waals surface area (Å²) in [7, 11) is -4.17. The molecule has 0 aliphatic heterocycles. The Balaban J connectivity index is 2.59. The molecule has 0 bridgehead atoms. The van der Waals surface area contributed by atoms with E-state index >= 15 is 0 Å². The molecule has 2 aromatic carbocycles. The van der Waals surface area contributed by atoms with Crippen molar-refractivity contribution in [3.05, 3.63) is 58.6 Å². The molecule has 116 valence electrons. The van der Waals surface area contributed by atoms with Gasteiger partial charge in [0.1, 0.15) is 11.4 Å². The molecule has 0 saturated heterocycles. The highest BCUT2D eigenvalue weighted by molar-refractivity contribution is 7.93. The van der Waals surface area contributed by atoms with Crippen LogP contribution in [-0.4, -0.2) is 26.0 Å². The predicted octanol–water partition coefficient (Wildman–Crippen LogP) is 3.27. The van der Waals surface area contributed by atoms with Crippen molar-refractivity contribution < 1.29 is 18.3 Å². The van der Waals surface area contributed by atoms with Crippen molar-refractivity contribution in [1.29, 1.82) is 0 Å². The standard InChI is InChI=1S/C14H11Cl2NO4S/c15-10-6-7-12(16)13(8-10)22(20,21)17(9-14(18)19)11-4-2-1-3-5-11/h1-8H,9H2,(H,18,19). The van der Waals surface area contributed by atoms with Crippen LogP contribution in [0.3, 0.4) is 0 Å². The smallest absolute Gasteiger partial charge is 0.324 e. The van der Waals surface area contributed by atoms with Crippen LogP contribution in [0.15, 0.2) is 53.4 Å². The zero-order chi connectivity index (χ0) is 16.3. The fraction of sp³-hybridized carbons (Fsp3) is 0.0714. The summed E-state index contributed by atoms with van der Waals surface area (Å²) in [5.41, 5.74) is 0.223. The van der Waals surface area contributed by atoms with Crippen molar-refractivity contribution in [2.45, 2.75) is 4.90 Å². The zero-order valence-electron chi connectivity index (χ0n) is 11.1. The molecule has 0 spiro atoms. The monoisotopic (exact) mass is 359 g/mol. The molecule has 0 radical (unpaired) electrons. The molecule has 0 amide bonds. The Morgan fingerprint density at radius 1 is 1.09 bits per heavy atom. The van der Waals surface area contributed by atoms with Crippen molar-refractivity contribution >= 4 is 44.9 Å². The molecule has 22 heavy (non-hydrogen) atoms. The van der Waals surface area contributed by atoms with Crippen LogP contribution in [0, 0.1) is 0 Å². The normalized spacial score (nSPS) is 11.2. The van der Waals surface area contributed by atoms with Gasteiger partial charge in [-0.3, -0.25) is 9.10 Å². The summed E-state index contributed by atoms with van der Waals surface area (Å²) in [6.07, 6.45) is 0. The van der Waals surface area contributed by atoms with Gasteiger partial charge in [-0.1, -0.05) is 41.4 Å². The first kappa shape index (κ1) is 16.6. The van der Waals surface area contributed by atoms with E-state index in [1.54, 1.807) is 18.2 Å². The largest absolute Gasteiger partial charge is 0.480 e. The van der Waals surface area contributed by atoms with Gasteiger partial charge in [0.25, 0.3) is 10.0 Å². The van der Waals surface area contributed by atoms with Crippen LogP contribution in [0.25, 0.3) is 0 Å². The Bertz CT molecular complexity index is 794. The van der Waals surface area contributed by atoms with Crippen LogP contribution in [0.1, 0.15) is 0 Å². The number of aliphatic carboxylic acids is 1. The van der Waals surface area contributed by atoms with Gasteiger partial charge in [0.2, 0.25) is 0 Å². The molecule has 1 N–H and O–H groups in total. The molecule has 0 saturated carbocycles. The Kier molecular flexibility index (Phi) is 4.95. The lowest BCUT2D eigenvalue weighted by molar-refractivity contribution is -0.135. The fourth-order valence-electron chi connectivity index (χ4n) is 1.83. The van der Waals surface area contributed by atoms with E-state index in [4.69, 9.17) is 28.3 Å². The lowest BCUT2D eigenvalue weighted by Crippen LogP contribution is -2.35. The van der Waals surface area contributed by atoms with E-state index in [1.807, 2.05) is 0 Å². The average molecular weight is 360 g/mol. The van der Waals surface area contributed by atoms with E-state index in [0.717, 1.165) is 4.31 Å². The molecule has 5 nitrogen and oxygen atoms in total. The van der Waals surface area contributed by atoms with Crippen molar-refractivity contribution in [3.8, 4) is 0 Å². The molecule has 0 heterocycles. The van der Waals surface area contributed by atoms with Gasteiger partial charge in [0.15, 0.2) is 0 Å². The van der Waals surface area contributed by atoms with E-state index in [9.17, 15) is 13.2 Å². The van der Waals surface area contributed by atoms with Gasteiger partial charge in [0, 0.05) is 5.02 Å². The molecule has 2 rings (SSSR count). The molecular weight excluding hydrogens is 349 g/mol. The fourth-order valence-corrected chi connectivity index (χ4v) is 3.98. The van der Waals surface area contributed by atoms with Crippen molar-refractivity contribution in [2.75, 3.05) is 10.8 Å². The number of rotatable bonds is 5. The molecule has 0 atom stereocenters. The summed E-state index contributed by atoms with van der Waals surface area (Å²) in [5.74, 6) is -1.29. The zero-order valence-corrected chi connectivity index (χ0v) is 13.4. The maximum absolute atomic E-state index is 12.8. The number of para-hydroxylation sites is 1. The first-order valence-electron chi connectivity index (χ1n) is 6.07. The van der Waals surface area contributed by atoms with Crippen LogP contribution >= 0.6 is 23.2 Å². The van der Waals surface area contributed by atoms with Gasteiger partial charge in [-0.25, -0.2) is 8.42 Å². The highest BCUT2D eigenvalue weighted by atomic mass is 35.5. The summed E-state index contributed by atoms with van der Waals surface area (Å²) >= 11 is 11.8. The van der Waals surface area contributed by atoms with Gasteiger partial charge in [-0.2, -0.15) is 0 Å². The number of anilines is 1. The number of carboxylic acid groups (broad SMARTS) is 1. The topological polar surface area (TPSA) is 74.7 Å². The molecule has 0 fully saturated rings. The maximum Gasteiger partial charge on any atom is 0.324 e. The van der Waals surface area contributed by atoms with E-state index in [-0.39, 0.29) is 20.6 Å². The van der Waals surface area contributed by atoms with Crippen molar-refractivity contribution in [3.63, 3.8) is 0 Å². The third-order valence-corrected chi connectivity index (χ3v) is 5.27. The first-order valence-corrected chi connectivity index (χ1v) is 8.26. The Labute approximate surface area is 137 Å². The van der Waals surface area contributed by atoms with Gasteiger partial charge >= 0.3 is 5.97 Å². The number of carbonyl (C=O) groups is 1. The van der Waals surface area contributed by atoms with Crippen LogP contribution in [0.5, 0.6) is 0 Å². The lowest BCUT2D eigenvalue weighted by atomic mass is 10.3. The van der Waals surface area contributed by atoms with Gasteiger partial charge in [-0.15, -0.1) is 0 Å². The Morgan fingerprint density at radius 2 is 1.73 bits per heavy atom. The summed E-state index contributed by atoms with van der Waals surface area (Å²) in [4.78, 5) is 10.8. The highest BCUT2D eigenvalue weighted by Crippen LogP contribution is 2.30. The number of sulfonamides is 1. The van der Waals surface area contributed by atoms with E-state index < -0.39 is 22.5 Å². The number of benzene rings is 2. The lowest BCUT2D eigenvalue weighted by Gasteiger charge is -2.23. The third kappa shape index (κ3) is 3.52. The molecule has 2 aromatic rings. The van der Waals surface area contributed by atoms with E-state index in [0.29, 0.717) is 0 Å². The average Bonchev–Trinajstić information content (AvgIpc) is 2.47. The molecule has 0 unspecified atom stereocenters. The second kappa shape index (κ2) is 6.56. The minimum Gasteiger partial charge on any atom is -0.480 e. The maximum atomic E-state index is 12.8. The van der Waals surface area contributed by atoms with Gasteiger partial charge in [0.05, 0.1) is 10.7 Å². The van der Waals surface area contributed by atoms with Crippen molar-refractivity contribution in [2.24, 2.45) is 0 Å². The van der Waals surface area contributed by atoms with E-state index in [2.05, 4.69) is 0 Å². The third-order valence-electron chi connectivity index (χ3n) is 2.78. The molecule has 0 aliphatic carbocycles. The minimum absolute atomic E-state index is 0.0317. The summed E-state index contributed by atoms with van der Waals surface area (Å²) in [6.45, 7) is -0.727. The number of halogens is 2. The molecule has 0 aromatic heterocycles. The number of carboxylic acids is 1. The summed E-state index contributed by atoms with van der Waals surface area (Å²) < 4.78 is 26.3. The molecule has 0 aliphatic rings. The second-order valence-corrected chi connectivity index (χ2v) is 6.99. The molecular formula is C14H11Cl2NO4S. The summed E-state index contributed by atoms with van der Waals surface area (Å²) in [6, 6.07) is 11.9. The minimum atomic E-state index is -4.17. The van der Waals surface area contributed by atoms with Gasteiger partial charge in [-0.05, 0) is 30.3 Å². The number of hydrogen-bond donors (Lipinski definition) is 1. The van der Waals surface area contributed by atoms with Crippen molar-refractivity contribution in [1.82, 2.24) is 0 Å². The second-order valence-electron chi connectivity index (χ2n) is 4.32. The van der Waals surface area contributed by atoms with Crippen LogP contribution in [-0.2, 0) is 14.8 Å². The number of hydrogen-bond acceptors (Lipinski definition) is 3. The van der Waals surface area contributed by atoms with Crippen LogP contribution in [0.2, 0.25) is 10.0 Å². The van der Waals surface area contributed by atoms with Crippen LogP contribution < -0.4 is 4.31 Å². The predicted molar refractivity (Wildman–Crippen MR) is 85.1 cm³/mol. The number of nitrogens with zero attached hydrogens (tertiary/aromatic N) is 1. The Morgan fingerprint density at radius 3 is 2.32 bits per heavy atom.